The number of hydrogen-bond donors (Lipinski definition) is 2. The molecule has 1 saturated heterocycles. The molecule has 2 unspecified atom stereocenters. The number of rotatable bonds is 6. The van der Waals surface area contributed by atoms with Gasteiger partial charge in [0.1, 0.15) is 10.6 Å². The monoisotopic (exact) mass is 493 g/mol. The Hall–Kier alpha value is -2.62. The standard InChI is InChI=1S/C23H28ClN3O5S/c1-14-9-15(2)13-27(12-14)33(30,31)22-10-17(5-8-21(22)32-4)23(29)26-20-11-18(25-16(3)28)6-7-19(20)24/h5-8,10-11,14-15H,9,12-13H2,1-4H3,(H,25,28)(H,26,29). The predicted molar refractivity (Wildman–Crippen MR) is 128 cm³/mol. The average molecular weight is 494 g/mol. The van der Waals surface area contributed by atoms with E-state index in [1.54, 1.807) is 12.1 Å². The van der Waals surface area contributed by atoms with Crippen LogP contribution < -0.4 is 15.4 Å². The van der Waals surface area contributed by atoms with Crippen LogP contribution in [0.1, 0.15) is 37.6 Å². The van der Waals surface area contributed by atoms with Crippen molar-refractivity contribution in [3.8, 4) is 5.75 Å². The molecule has 33 heavy (non-hydrogen) atoms. The SMILES string of the molecule is COc1ccc(C(=O)Nc2cc(NC(C)=O)ccc2Cl)cc1S(=O)(=O)N1CC(C)CC(C)C1. The van der Waals surface area contributed by atoms with Crippen LogP contribution in [0.15, 0.2) is 41.3 Å². The molecule has 2 aromatic rings. The van der Waals surface area contributed by atoms with Crippen LogP contribution in [0.2, 0.25) is 5.02 Å². The van der Waals surface area contributed by atoms with Crippen molar-refractivity contribution in [1.29, 1.82) is 0 Å². The number of carbonyl (C=O) groups excluding carboxylic acids is 2. The number of sulfonamides is 1. The van der Waals surface area contributed by atoms with Crippen LogP contribution in [-0.4, -0.2) is 44.7 Å². The van der Waals surface area contributed by atoms with Crippen LogP contribution in [0.3, 0.4) is 0 Å². The third kappa shape index (κ3) is 5.85. The van der Waals surface area contributed by atoms with Gasteiger partial charge in [0.05, 0.1) is 17.8 Å². The number of benzene rings is 2. The summed E-state index contributed by atoms with van der Waals surface area (Å²) >= 11 is 6.19. The van der Waals surface area contributed by atoms with Gasteiger partial charge in [-0.2, -0.15) is 4.31 Å². The van der Waals surface area contributed by atoms with E-state index in [1.807, 2.05) is 13.8 Å². The highest BCUT2D eigenvalue weighted by Gasteiger charge is 2.34. The minimum atomic E-state index is -3.87. The third-order valence-corrected chi connectivity index (χ3v) is 7.60. The summed E-state index contributed by atoms with van der Waals surface area (Å²) in [5.41, 5.74) is 0.883. The smallest absolute Gasteiger partial charge is 0.255 e. The minimum Gasteiger partial charge on any atom is -0.495 e. The van der Waals surface area contributed by atoms with E-state index >= 15 is 0 Å². The van der Waals surface area contributed by atoms with E-state index in [1.165, 1.54) is 42.6 Å². The summed E-state index contributed by atoms with van der Waals surface area (Å²) in [4.78, 5) is 24.2. The van der Waals surface area contributed by atoms with E-state index in [-0.39, 0.29) is 44.7 Å². The number of anilines is 2. The first kappa shape index (κ1) is 25.0. The summed E-state index contributed by atoms with van der Waals surface area (Å²) in [5.74, 6) is -0.168. The fraction of sp³-hybridized carbons (Fsp3) is 0.391. The molecular weight excluding hydrogens is 466 g/mol. The van der Waals surface area contributed by atoms with E-state index in [0.29, 0.717) is 18.8 Å². The van der Waals surface area contributed by atoms with Crippen molar-refractivity contribution in [3.05, 3.63) is 47.0 Å². The lowest BCUT2D eigenvalue weighted by Crippen LogP contribution is -2.42. The van der Waals surface area contributed by atoms with Gasteiger partial charge in [-0.05, 0) is 54.7 Å². The number of amides is 2. The molecule has 3 rings (SSSR count). The van der Waals surface area contributed by atoms with Crippen molar-refractivity contribution in [3.63, 3.8) is 0 Å². The van der Waals surface area contributed by atoms with Crippen LogP contribution in [-0.2, 0) is 14.8 Å². The molecule has 8 nitrogen and oxygen atoms in total. The fourth-order valence-corrected chi connectivity index (χ4v) is 6.08. The number of hydrogen-bond acceptors (Lipinski definition) is 5. The number of ether oxygens (including phenoxy) is 1. The highest BCUT2D eigenvalue weighted by atomic mass is 35.5. The Morgan fingerprint density at radius 1 is 1.06 bits per heavy atom. The summed E-state index contributed by atoms with van der Waals surface area (Å²) in [6, 6.07) is 8.95. The van der Waals surface area contributed by atoms with E-state index in [0.717, 1.165) is 6.42 Å². The van der Waals surface area contributed by atoms with Crippen molar-refractivity contribution in [2.45, 2.75) is 32.1 Å². The fourth-order valence-electron chi connectivity index (χ4n) is 4.06. The number of halogens is 1. The molecule has 1 aliphatic rings. The lowest BCUT2D eigenvalue weighted by molar-refractivity contribution is -0.114. The number of carbonyl (C=O) groups is 2. The molecule has 1 heterocycles. The summed E-state index contributed by atoms with van der Waals surface area (Å²) in [6.07, 6.45) is 0.962. The van der Waals surface area contributed by atoms with Crippen molar-refractivity contribution >= 4 is 44.8 Å². The lowest BCUT2D eigenvalue weighted by atomic mass is 9.94. The van der Waals surface area contributed by atoms with Crippen LogP contribution in [0.25, 0.3) is 0 Å². The van der Waals surface area contributed by atoms with Gasteiger partial charge in [-0.25, -0.2) is 8.42 Å². The maximum atomic E-state index is 13.4. The normalized spacial score (nSPS) is 19.1. The molecule has 2 amide bonds. The first-order valence-electron chi connectivity index (χ1n) is 10.6. The zero-order chi connectivity index (χ0) is 24.3. The molecule has 0 radical (unpaired) electrons. The molecule has 2 atom stereocenters. The molecule has 10 heteroatoms. The molecule has 0 aromatic heterocycles. The van der Waals surface area contributed by atoms with Crippen molar-refractivity contribution < 1.29 is 22.7 Å². The first-order chi connectivity index (χ1) is 15.5. The van der Waals surface area contributed by atoms with Gasteiger partial charge in [0.2, 0.25) is 15.9 Å². The van der Waals surface area contributed by atoms with Gasteiger partial charge >= 0.3 is 0 Å². The van der Waals surface area contributed by atoms with Gasteiger partial charge in [-0.3, -0.25) is 9.59 Å². The molecule has 2 aromatic carbocycles. The molecule has 0 saturated carbocycles. The van der Waals surface area contributed by atoms with Crippen LogP contribution in [0.5, 0.6) is 5.75 Å². The predicted octanol–water partition coefficient (Wildman–Crippen LogP) is 4.23. The topological polar surface area (TPSA) is 105 Å². The van der Waals surface area contributed by atoms with Gasteiger partial charge in [0, 0.05) is 31.3 Å². The second-order valence-electron chi connectivity index (χ2n) is 8.46. The summed E-state index contributed by atoms with van der Waals surface area (Å²) < 4.78 is 33.7. The summed E-state index contributed by atoms with van der Waals surface area (Å²) in [7, 11) is -2.48. The van der Waals surface area contributed by atoms with E-state index < -0.39 is 15.9 Å². The largest absolute Gasteiger partial charge is 0.495 e. The Labute approximate surface area is 199 Å². The third-order valence-electron chi connectivity index (χ3n) is 5.41. The maximum absolute atomic E-state index is 13.4. The van der Waals surface area contributed by atoms with Gasteiger partial charge in [-0.15, -0.1) is 0 Å². The van der Waals surface area contributed by atoms with Crippen molar-refractivity contribution in [2.75, 3.05) is 30.8 Å². The molecule has 1 fully saturated rings. The van der Waals surface area contributed by atoms with Gasteiger partial charge in [0.25, 0.3) is 5.91 Å². The van der Waals surface area contributed by atoms with Gasteiger partial charge in [-0.1, -0.05) is 25.4 Å². The van der Waals surface area contributed by atoms with Crippen molar-refractivity contribution in [2.24, 2.45) is 11.8 Å². The van der Waals surface area contributed by atoms with Crippen LogP contribution in [0.4, 0.5) is 11.4 Å². The Kier molecular flexibility index (Phi) is 7.66. The molecular formula is C23H28ClN3O5S. The molecule has 178 valence electrons. The van der Waals surface area contributed by atoms with E-state index in [2.05, 4.69) is 10.6 Å². The second kappa shape index (κ2) is 10.1. The summed E-state index contributed by atoms with van der Waals surface area (Å²) in [6.45, 7) is 6.25. The maximum Gasteiger partial charge on any atom is 0.255 e. The van der Waals surface area contributed by atoms with E-state index in [4.69, 9.17) is 16.3 Å². The Balaban J connectivity index is 1.92. The molecule has 0 spiro atoms. The number of methoxy groups -OCH3 is 1. The van der Waals surface area contributed by atoms with Gasteiger partial charge in [0.15, 0.2) is 0 Å². The Morgan fingerprint density at radius 2 is 1.73 bits per heavy atom. The van der Waals surface area contributed by atoms with Crippen molar-refractivity contribution in [1.82, 2.24) is 4.31 Å². The van der Waals surface area contributed by atoms with E-state index in [9.17, 15) is 18.0 Å². The van der Waals surface area contributed by atoms with Crippen LogP contribution in [0, 0.1) is 11.8 Å². The molecule has 0 bridgehead atoms. The molecule has 1 aliphatic heterocycles. The minimum absolute atomic E-state index is 0.0583. The molecule has 0 aliphatic carbocycles. The zero-order valence-electron chi connectivity index (χ0n) is 19.0. The highest BCUT2D eigenvalue weighted by molar-refractivity contribution is 7.89. The average Bonchev–Trinajstić information content (AvgIpc) is 2.74. The highest BCUT2D eigenvalue weighted by Crippen LogP contribution is 2.33. The zero-order valence-corrected chi connectivity index (χ0v) is 20.6. The quantitative estimate of drug-likeness (QED) is 0.626. The number of piperidine rings is 1. The number of nitrogens with one attached hydrogen (secondary N) is 2. The summed E-state index contributed by atoms with van der Waals surface area (Å²) in [5, 5.41) is 5.57. The Bertz CT molecular complexity index is 1160. The number of nitrogens with zero attached hydrogens (tertiary/aromatic N) is 1. The lowest BCUT2D eigenvalue weighted by Gasteiger charge is -2.34. The molecule has 2 N–H and O–H groups in total. The Morgan fingerprint density at radius 3 is 2.33 bits per heavy atom. The second-order valence-corrected chi connectivity index (χ2v) is 10.8. The first-order valence-corrected chi connectivity index (χ1v) is 12.4. The van der Waals surface area contributed by atoms with Crippen LogP contribution >= 0.6 is 11.6 Å². The van der Waals surface area contributed by atoms with Gasteiger partial charge < -0.3 is 15.4 Å².